The Labute approximate surface area is 114 Å². The number of nitrogens with one attached hydrogen (secondary N) is 1. The molecule has 1 saturated carbocycles. The van der Waals surface area contributed by atoms with Crippen molar-refractivity contribution in [2.75, 3.05) is 0 Å². The molecule has 0 saturated heterocycles. The van der Waals surface area contributed by atoms with E-state index in [-0.39, 0.29) is 17.9 Å². The van der Waals surface area contributed by atoms with Crippen molar-refractivity contribution >= 4 is 10.0 Å². The van der Waals surface area contributed by atoms with E-state index in [2.05, 4.69) is 4.72 Å². The molecule has 1 fully saturated rings. The second kappa shape index (κ2) is 5.61. The van der Waals surface area contributed by atoms with Crippen molar-refractivity contribution in [3.63, 3.8) is 0 Å². The number of rotatable bonds is 6. The summed E-state index contributed by atoms with van der Waals surface area (Å²) >= 11 is 0. The highest BCUT2D eigenvalue weighted by Crippen LogP contribution is 2.35. The van der Waals surface area contributed by atoms with E-state index in [1.54, 1.807) is 24.3 Å². The SMILES string of the molecule is CCC1(NS(=O)(=O)Cc2ccc(CO)cc2)CCC1. The summed E-state index contributed by atoms with van der Waals surface area (Å²) in [5, 5.41) is 8.95. The van der Waals surface area contributed by atoms with Crippen LogP contribution in [0.25, 0.3) is 0 Å². The van der Waals surface area contributed by atoms with Crippen LogP contribution < -0.4 is 4.72 Å². The molecular weight excluding hydrogens is 262 g/mol. The fourth-order valence-electron chi connectivity index (χ4n) is 2.46. The van der Waals surface area contributed by atoms with Crippen molar-refractivity contribution in [3.8, 4) is 0 Å². The molecule has 1 aliphatic rings. The van der Waals surface area contributed by atoms with Crippen LogP contribution in [0.15, 0.2) is 24.3 Å². The average Bonchev–Trinajstić information content (AvgIpc) is 2.34. The lowest BCUT2D eigenvalue weighted by Crippen LogP contribution is -2.53. The summed E-state index contributed by atoms with van der Waals surface area (Å²) in [6.45, 7) is 2.00. The van der Waals surface area contributed by atoms with Gasteiger partial charge in [-0.1, -0.05) is 31.2 Å². The van der Waals surface area contributed by atoms with Crippen LogP contribution >= 0.6 is 0 Å². The number of benzene rings is 1. The molecule has 5 heteroatoms. The summed E-state index contributed by atoms with van der Waals surface area (Å²) < 4.78 is 27.2. The Morgan fingerprint density at radius 2 is 1.79 bits per heavy atom. The highest BCUT2D eigenvalue weighted by Gasteiger charge is 2.38. The molecule has 0 unspecified atom stereocenters. The maximum absolute atomic E-state index is 12.2. The van der Waals surface area contributed by atoms with Crippen LogP contribution in [-0.4, -0.2) is 19.1 Å². The molecule has 0 heterocycles. The van der Waals surface area contributed by atoms with Gasteiger partial charge in [-0.2, -0.15) is 0 Å². The van der Waals surface area contributed by atoms with Gasteiger partial charge in [0.25, 0.3) is 0 Å². The molecule has 1 aromatic carbocycles. The minimum Gasteiger partial charge on any atom is -0.392 e. The summed E-state index contributed by atoms with van der Waals surface area (Å²) in [5.41, 5.74) is 1.33. The molecule has 2 N–H and O–H groups in total. The Bertz CT molecular complexity index is 513. The standard InChI is InChI=1S/C14H21NO3S/c1-2-14(8-3-9-14)15-19(17,18)11-13-6-4-12(10-16)5-7-13/h4-7,15-16H,2-3,8-11H2,1H3. The third-order valence-corrected chi connectivity index (χ3v) is 5.38. The molecule has 4 nitrogen and oxygen atoms in total. The van der Waals surface area contributed by atoms with Crippen LogP contribution in [0.1, 0.15) is 43.7 Å². The molecule has 0 aliphatic heterocycles. The van der Waals surface area contributed by atoms with Gasteiger partial charge in [0.05, 0.1) is 12.4 Å². The van der Waals surface area contributed by atoms with Gasteiger partial charge in [-0.3, -0.25) is 0 Å². The Balaban J connectivity index is 2.03. The van der Waals surface area contributed by atoms with Gasteiger partial charge in [-0.05, 0) is 36.8 Å². The monoisotopic (exact) mass is 283 g/mol. The lowest BCUT2D eigenvalue weighted by molar-refractivity contribution is 0.213. The summed E-state index contributed by atoms with van der Waals surface area (Å²) in [5.74, 6) is 0.000455. The van der Waals surface area contributed by atoms with E-state index in [1.807, 2.05) is 6.92 Å². The Morgan fingerprint density at radius 1 is 1.21 bits per heavy atom. The molecule has 0 radical (unpaired) electrons. The van der Waals surface area contributed by atoms with Gasteiger partial charge in [0.1, 0.15) is 0 Å². The zero-order chi connectivity index (χ0) is 13.9. The molecule has 19 heavy (non-hydrogen) atoms. The Morgan fingerprint density at radius 3 is 2.21 bits per heavy atom. The second-order valence-corrected chi connectivity index (χ2v) is 7.05. The van der Waals surface area contributed by atoms with Crippen molar-refractivity contribution in [2.24, 2.45) is 0 Å². The van der Waals surface area contributed by atoms with E-state index in [0.717, 1.165) is 36.8 Å². The minimum atomic E-state index is -3.30. The van der Waals surface area contributed by atoms with Crippen LogP contribution in [0.2, 0.25) is 0 Å². The summed E-state index contributed by atoms with van der Waals surface area (Å²) in [7, 11) is -3.30. The predicted octanol–water partition coefficient (Wildman–Crippen LogP) is 1.93. The van der Waals surface area contributed by atoms with Gasteiger partial charge in [0.2, 0.25) is 10.0 Å². The number of aliphatic hydroxyl groups is 1. The molecule has 0 bridgehead atoms. The number of sulfonamides is 1. The summed E-state index contributed by atoms with van der Waals surface area (Å²) in [6.07, 6.45) is 3.82. The van der Waals surface area contributed by atoms with E-state index >= 15 is 0 Å². The lowest BCUT2D eigenvalue weighted by Gasteiger charge is -2.41. The van der Waals surface area contributed by atoms with Gasteiger partial charge < -0.3 is 5.11 Å². The first kappa shape index (κ1) is 14.5. The van der Waals surface area contributed by atoms with Gasteiger partial charge in [-0.25, -0.2) is 13.1 Å². The van der Waals surface area contributed by atoms with E-state index in [4.69, 9.17) is 5.11 Å². The molecule has 1 aromatic rings. The molecule has 106 valence electrons. The minimum absolute atomic E-state index is 0.000455. The van der Waals surface area contributed by atoms with Crippen LogP contribution in [0, 0.1) is 0 Å². The van der Waals surface area contributed by atoms with E-state index in [9.17, 15) is 8.42 Å². The summed E-state index contributed by atoms with van der Waals surface area (Å²) in [4.78, 5) is 0. The van der Waals surface area contributed by atoms with Crippen molar-refractivity contribution in [1.29, 1.82) is 0 Å². The second-order valence-electron chi connectivity index (χ2n) is 5.32. The number of hydrogen-bond acceptors (Lipinski definition) is 3. The van der Waals surface area contributed by atoms with Gasteiger partial charge in [-0.15, -0.1) is 0 Å². The van der Waals surface area contributed by atoms with Gasteiger partial charge >= 0.3 is 0 Å². The van der Waals surface area contributed by atoms with Gasteiger partial charge in [0.15, 0.2) is 0 Å². The quantitative estimate of drug-likeness (QED) is 0.838. The largest absolute Gasteiger partial charge is 0.392 e. The maximum Gasteiger partial charge on any atom is 0.216 e. The first-order valence-electron chi connectivity index (χ1n) is 6.69. The van der Waals surface area contributed by atoms with Crippen LogP contribution in [0.5, 0.6) is 0 Å². The highest BCUT2D eigenvalue weighted by atomic mass is 32.2. The molecule has 1 aliphatic carbocycles. The highest BCUT2D eigenvalue weighted by molar-refractivity contribution is 7.88. The normalized spacial score (nSPS) is 18.0. The van der Waals surface area contributed by atoms with Crippen LogP contribution in [0.4, 0.5) is 0 Å². The van der Waals surface area contributed by atoms with Crippen molar-refractivity contribution in [2.45, 2.75) is 50.5 Å². The van der Waals surface area contributed by atoms with Crippen LogP contribution in [-0.2, 0) is 22.4 Å². The molecule has 0 aromatic heterocycles. The molecule has 2 rings (SSSR count). The number of hydrogen-bond donors (Lipinski definition) is 2. The Kier molecular flexibility index (Phi) is 4.28. The predicted molar refractivity (Wildman–Crippen MR) is 75.0 cm³/mol. The van der Waals surface area contributed by atoms with Crippen LogP contribution in [0.3, 0.4) is 0 Å². The lowest BCUT2D eigenvalue weighted by atomic mass is 9.76. The zero-order valence-electron chi connectivity index (χ0n) is 11.2. The molecule has 0 amide bonds. The maximum atomic E-state index is 12.2. The first-order chi connectivity index (χ1) is 8.99. The smallest absolute Gasteiger partial charge is 0.216 e. The van der Waals surface area contributed by atoms with E-state index < -0.39 is 10.0 Å². The number of aliphatic hydroxyl groups excluding tert-OH is 1. The van der Waals surface area contributed by atoms with Crippen molar-refractivity contribution in [3.05, 3.63) is 35.4 Å². The summed E-state index contributed by atoms with van der Waals surface area (Å²) in [6, 6.07) is 7.02. The molecule has 0 atom stereocenters. The third kappa shape index (κ3) is 3.55. The molecule has 0 spiro atoms. The van der Waals surface area contributed by atoms with E-state index in [1.165, 1.54) is 0 Å². The third-order valence-electron chi connectivity index (χ3n) is 3.92. The van der Waals surface area contributed by atoms with Crippen molar-refractivity contribution < 1.29 is 13.5 Å². The fraction of sp³-hybridized carbons (Fsp3) is 0.571. The Hall–Kier alpha value is -0.910. The first-order valence-corrected chi connectivity index (χ1v) is 8.34. The fourth-order valence-corrected chi connectivity index (χ4v) is 4.17. The molecular formula is C14H21NO3S. The average molecular weight is 283 g/mol. The van der Waals surface area contributed by atoms with E-state index in [0.29, 0.717) is 0 Å². The topological polar surface area (TPSA) is 66.4 Å². The van der Waals surface area contributed by atoms with Crippen molar-refractivity contribution in [1.82, 2.24) is 4.72 Å². The zero-order valence-corrected chi connectivity index (χ0v) is 12.0. The van der Waals surface area contributed by atoms with Gasteiger partial charge in [0, 0.05) is 5.54 Å².